The number of nitrogens with zero attached hydrogens (tertiary/aromatic N) is 5. The van der Waals surface area contributed by atoms with Gasteiger partial charge in [0.25, 0.3) is 0 Å². The number of thiol groups is 1. The van der Waals surface area contributed by atoms with E-state index in [1.54, 1.807) is 0 Å². The lowest BCUT2D eigenvalue weighted by Crippen LogP contribution is -2.30. The van der Waals surface area contributed by atoms with E-state index in [9.17, 15) is 0 Å². The highest BCUT2D eigenvalue weighted by molar-refractivity contribution is 7.80. The molecule has 0 saturated carbocycles. The highest BCUT2D eigenvalue weighted by Crippen LogP contribution is 2.42. The number of hydrogen-bond donors (Lipinski definition) is 1. The van der Waals surface area contributed by atoms with Crippen LogP contribution in [0, 0.1) is 0 Å². The molecule has 262 valence electrons. The summed E-state index contributed by atoms with van der Waals surface area (Å²) >= 11 is 4.88. The van der Waals surface area contributed by atoms with E-state index in [0.717, 1.165) is 61.4 Å². The molecule has 7 aromatic carbocycles. The fourth-order valence-corrected chi connectivity index (χ4v) is 8.21. The zero-order valence-electron chi connectivity index (χ0n) is 29.9. The average molecular weight is 726 g/mol. The van der Waals surface area contributed by atoms with Gasteiger partial charge in [-0.15, -0.1) is 12.6 Å². The minimum Gasteiger partial charge on any atom is -0.333 e. The fourth-order valence-electron chi connectivity index (χ4n) is 7.94. The molecule has 0 fully saturated rings. The van der Waals surface area contributed by atoms with Gasteiger partial charge in [0.1, 0.15) is 0 Å². The zero-order valence-corrected chi connectivity index (χ0v) is 30.8. The van der Waals surface area contributed by atoms with Crippen LogP contribution in [0.5, 0.6) is 0 Å². The molecule has 0 bridgehead atoms. The van der Waals surface area contributed by atoms with Gasteiger partial charge in [0.05, 0.1) is 22.8 Å². The summed E-state index contributed by atoms with van der Waals surface area (Å²) in [5.74, 6) is 1.83. The highest BCUT2D eigenvalue weighted by atomic mass is 32.1. The summed E-state index contributed by atoms with van der Waals surface area (Å²) in [6.07, 6.45) is 7.78. The minimum absolute atomic E-state index is 0.0962. The molecule has 6 heteroatoms. The van der Waals surface area contributed by atoms with Gasteiger partial charge in [-0.1, -0.05) is 158 Å². The van der Waals surface area contributed by atoms with E-state index < -0.39 is 0 Å². The van der Waals surface area contributed by atoms with Crippen molar-refractivity contribution < 1.29 is 0 Å². The second-order valence-electron chi connectivity index (χ2n) is 13.7. The molecule has 10 rings (SSSR count). The van der Waals surface area contributed by atoms with Crippen molar-refractivity contribution in [2.24, 2.45) is 0 Å². The largest absolute Gasteiger partial charge is 0.333 e. The summed E-state index contributed by atoms with van der Waals surface area (Å²) in [6, 6.07) is 59.0. The molecule has 1 aliphatic carbocycles. The Morgan fingerprint density at radius 2 is 1.22 bits per heavy atom. The molecule has 0 N–H and O–H groups in total. The Morgan fingerprint density at radius 3 is 1.91 bits per heavy atom. The number of anilines is 2. The smallest absolute Gasteiger partial charge is 0.238 e. The third kappa shape index (κ3) is 5.88. The van der Waals surface area contributed by atoms with Crippen LogP contribution in [0.3, 0.4) is 0 Å². The monoisotopic (exact) mass is 725 g/mol. The molecule has 0 radical (unpaired) electrons. The van der Waals surface area contributed by atoms with Gasteiger partial charge in [-0.3, -0.25) is 4.57 Å². The van der Waals surface area contributed by atoms with Crippen LogP contribution in [-0.2, 0) is 0 Å². The summed E-state index contributed by atoms with van der Waals surface area (Å²) in [4.78, 5) is 18.8. The third-order valence-electron chi connectivity index (χ3n) is 10.5. The molecule has 0 aliphatic heterocycles. The van der Waals surface area contributed by atoms with Gasteiger partial charge in [-0.05, 0) is 53.1 Å². The fraction of sp³-hybridized carbons (Fsp3) is 0.0408. The summed E-state index contributed by atoms with van der Waals surface area (Å²) < 4.78 is 2.25. The number of fused-ring (bicyclic) bond motifs is 5. The van der Waals surface area contributed by atoms with E-state index in [2.05, 4.69) is 155 Å². The van der Waals surface area contributed by atoms with Crippen molar-refractivity contribution in [3.63, 3.8) is 0 Å². The van der Waals surface area contributed by atoms with Crippen LogP contribution in [0.4, 0.5) is 11.4 Å². The first-order chi connectivity index (χ1) is 27.2. The van der Waals surface area contributed by atoms with E-state index in [1.807, 2.05) is 42.5 Å². The molecule has 1 atom stereocenters. The number of aromatic nitrogens is 4. The van der Waals surface area contributed by atoms with Crippen LogP contribution in [0.1, 0.15) is 12.0 Å². The summed E-state index contributed by atoms with van der Waals surface area (Å²) in [5.41, 5.74) is 8.46. The third-order valence-corrected chi connectivity index (χ3v) is 10.8. The Morgan fingerprint density at radius 1 is 0.582 bits per heavy atom. The summed E-state index contributed by atoms with van der Waals surface area (Å²) in [5, 5.41) is 4.71. The Hall–Kier alpha value is -6.76. The molecule has 0 amide bonds. The number of para-hydroxylation sites is 3. The maximum absolute atomic E-state index is 5.24. The van der Waals surface area contributed by atoms with Gasteiger partial charge in [0.2, 0.25) is 5.95 Å². The second-order valence-corrected chi connectivity index (χ2v) is 14.2. The van der Waals surface area contributed by atoms with Crippen molar-refractivity contribution in [1.82, 2.24) is 19.5 Å². The Kier molecular flexibility index (Phi) is 8.30. The van der Waals surface area contributed by atoms with Crippen LogP contribution in [0.2, 0.25) is 0 Å². The van der Waals surface area contributed by atoms with Crippen molar-refractivity contribution >= 4 is 62.2 Å². The van der Waals surface area contributed by atoms with Crippen molar-refractivity contribution in [2.75, 3.05) is 4.90 Å². The van der Waals surface area contributed by atoms with Crippen LogP contribution in [0.15, 0.2) is 193 Å². The normalized spacial score (nSPS) is 14.1. The van der Waals surface area contributed by atoms with Crippen LogP contribution >= 0.6 is 12.6 Å². The van der Waals surface area contributed by atoms with E-state index >= 15 is 0 Å². The molecule has 0 saturated heterocycles. The molecular formula is C49H35N5S. The first-order valence-corrected chi connectivity index (χ1v) is 19.0. The molecule has 5 nitrogen and oxygen atoms in total. The standard InChI is InChI=1S/C49H35N5S/c55-44-26-13-12-25-42(44)53(37-20-8-3-9-21-37)38-30-27-34(28-31-38)40-23-14-24-41-45-39-22-11-10-15-33(39)29-32-43(45)54(46(40)41)49-51-47(35-16-4-1-5-17-35)50-48(52-49)36-18-6-2-7-19-36/h1-30,32,38,55H,31H2. The number of benzene rings is 7. The molecule has 1 aliphatic rings. The van der Waals surface area contributed by atoms with E-state index in [-0.39, 0.29) is 6.04 Å². The summed E-state index contributed by atoms with van der Waals surface area (Å²) in [6.45, 7) is 0. The van der Waals surface area contributed by atoms with Gasteiger partial charge >= 0.3 is 0 Å². The molecule has 2 aromatic heterocycles. The number of rotatable bonds is 7. The van der Waals surface area contributed by atoms with Gasteiger partial charge in [0.15, 0.2) is 11.6 Å². The molecule has 1 unspecified atom stereocenters. The maximum Gasteiger partial charge on any atom is 0.238 e. The number of allylic oxidation sites excluding steroid dienone is 2. The quantitative estimate of drug-likeness (QED) is 0.166. The molecule has 0 spiro atoms. The van der Waals surface area contributed by atoms with Crippen molar-refractivity contribution in [3.8, 4) is 28.7 Å². The first kappa shape index (κ1) is 32.9. The lowest BCUT2D eigenvalue weighted by molar-refractivity contribution is 0.781. The van der Waals surface area contributed by atoms with E-state index in [0.29, 0.717) is 17.6 Å². The molecule has 2 heterocycles. The van der Waals surface area contributed by atoms with Crippen molar-refractivity contribution in [3.05, 3.63) is 194 Å². The minimum atomic E-state index is 0.0962. The molecule has 9 aromatic rings. The van der Waals surface area contributed by atoms with Crippen molar-refractivity contribution in [2.45, 2.75) is 17.4 Å². The first-order valence-electron chi connectivity index (χ1n) is 18.5. The predicted molar refractivity (Wildman–Crippen MR) is 230 cm³/mol. The molecule has 55 heavy (non-hydrogen) atoms. The summed E-state index contributed by atoms with van der Waals surface area (Å²) in [7, 11) is 0. The number of hydrogen-bond acceptors (Lipinski definition) is 5. The van der Waals surface area contributed by atoms with Gasteiger partial charge in [-0.2, -0.15) is 9.97 Å². The second kappa shape index (κ2) is 13.9. The predicted octanol–water partition coefficient (Wildman–Crippen LogP) is 12.3. The lowest BCUT2D eigenvalue weighted by atomic mass is 9.94. The Balaban J connectivity index is 1.19. The van der Waals surface area contributed by atoms with E-state index in [1.165, 1.54) is 16.2 Å². The van der Waals surface area contributed by atoms with Gasteiger partial charge in [0, 0.05) is 38.0 Å². The Labute approximate surface area is 325 Å². The van der Waals surface area contributed by atoms with Crippen LogP contribution in [-0.4, -0.2) is 25.6 Å². The molecular weight excluding hydrogens is 691 g/mol. The Bertz CT molecular complexity index is 2860. The van der Waals surface area contributed by atoms with Crippen LogP contribution in [0.25, 0.3) is 66.9 Å². The van der Waals surface area contributed by atoms with Crippen molar-refractivity contribution in [1.29, 1.82) is 0 Å². The van der Waals surface area contributed by atoms with Crippen LogP contribution < -0.4 is 4.90 Å². The van der Waals surface area contributed by atoms with Gasteiger partial charge < -0.3 is 4.90 Å². The maximum atomic E-state index is 5.24. The lowest BCUT2D eigenvalue weighted by Gasteiger charge is -2.34. The SMILES string of the molecule is Sc1ccccc1N(c1ccccc1)C1C=CC(c2cccc3c4c5ccccc5ccc4n(-c4nc(-c5ccccc5)nc(-c5ccccc5)n4)c23)=CC1. The zero-order chi connectivity index (χ0) is 36.7. The van der Waals surface area contributed by atoms with Gasteiger partial charge in [-0.25, -0.2) is 4.98 Å². The highest BCUT2D eigenvalue weighted by Gasteiger charge is 2.25. The average Bonchev–Trinajstić information content (AvgIpc) is 3.61. The van der Waals surface area contributed by atoms with E-state index in [4.69, 9.17) is 27.6 Å². The topological polar surface area (TPSA) is 46.8 Å².